The van der Waals surface area contributed by atoms with Crippen LogP contribution in [0.4, 0.5) is 4.39 Å². The molecule has 18 heavy (non-hydrogen) atoms. The van der Waals surface area contributed by atoms with E-state index in [0.29, 0.717) is 0 Å². The number of benzene rings is 1. The first kappa shape index (κ1) is 12.6. The molecular weight excluding hydrogens is 233 g/mol. The molecule has 0 amide bonds. The first-order valence-corrected chi connectivity index (χ1v) is 6.06. The Morgan fingerprint density at radius 2 is 2.17 bits per heavy atom. The van der Waals surface area contributed by atoms with Crippen LogP contribution in [0.3, 0.4) is 0 Å². The van der Waals surface area contributed by atoms with Crippen LogP contribution in [0, 0.1) is 23.1 Å². The van der Waals surface area contributed by atoms with Gasteiger partial charge in [0.2, 0.25) is 0 Å². The minimum absolute atomic E-state index is 0.0179. The molecule has 94 valence electrons. The number of nitriles is 1. The van der Waals surface area contributed by atoms with Crippen molar-refractivity contribution < 1.29 is 13.9 Å². The number of Topliss-reactive ketones (excluding diaryl/α,β-unsaturated/α-hetero) is 1. The maximum atomic E-state index is 13.3. The zero-order valence-corrected chi connectivity index (χ0v) is 9.99. The topological polar surface area (TPSA) is 50.1 Å². The highest BCUT2D eigenvalue weighted by Crippen LogP contribution is 2.25. The summed E-state index contributed by atoms with van der Waals surface area (Å²) in [6.07, 6.45) is 4.07. The molecule has 4 heteroatoms. The highest BCUT2D eigenvalue weighted by Gasteiger charge is 2.22. The summed E-state index contributed by atoms with van der Waals surface area (Å²) >= 11 is 0. The lowest BCUT2D eigenvalue weighted by atomic mass is 10.0. The fourth-order valence-electron chi connectivity index (χ4n) is 2.20. The van der Waals surface area contributed by atoms with E-state index in [1.807, 2.05) is 0 Å². The number of hydrogen-bond donors (Lipinski definition) is 0. The van der Waals surface area contributed by atoms with Crippen LogP contribution in [0.1, 0.15) is 31.2 Å². The molecule has 0 bridgehead atoms. The quantitative estimate of drug-likeness (QED) is 0.822. The fourth-order valence-corrected chi connectivity index (χ4v) is 2.20. The average Bonchev–Trinajstić information content (AvgIpc) is 2.90. The Balaban J connectivity index is 1.92. The van der Waals surface area contributed by atoms with Crippen molar-refractivity contribution in [2.45, 2.75) is 25.7 Å². The van der Waals surface area contributed by atoms with E-state index in [4.69, 9.17) is 10.00 Å². The average molecular weight is 247 g/mol. The van der Waals surface area contributed by atoms with Crippen LogP contribution in [0.15, 0.2) is 18.2 Å². The molecule has 0 N–H and O–H groups in total. The van der Waals surface area contributed by atoms with Crippen LogP contribution in [0.2, 0.25) is 0 Å². The Hall–Kier alpha value is -1.89. The second-order valence-electron chi connectivity index (χ2n) is 4.49. The van der Waals surface area contributed by atoms with E-state index >= 15 is 0 Å². The van der Waals surface area contributed by atoms with Crippen molar-refractivity contribution in [3.8, 4) is 11.8 Å². The first-order chi connectivity index (χ1) is 8.70. The molecule has 0 aromatic heterocycles. The van der Waals surface area contributed by atoms with Crippen molar-refractivity contribution in [2.75, 3.05) is 6.61 Å². The zero-order valence-electron chi connectivity index (χ0n) is 9.99. The predicted molar refractivity (Wildman–Crippen MR) is 63.6 cm³/mol. The second kappa shape index (κ2) is 5.63. The monoisotopic (exact) mass is 247 g/mol. The van der Waals surface area contributed by atoms with E-state index < -0.39 is 5.82 Å². The van der Waals surface area contributed by atoms with Gasteiger partial charge in [-0.15, -0.1) is 0 Å². The summed E-state index contributed by atoms with van der Waals surface area (Å²) in [7, 11) is 0. The second-order valence-corrected chi connectivity index (χ2v) is 4.49. The van der Waals surface area contributed by atoms with Crippen molar-refractivity contribution in [3.63, 3.8) is 0 Å². The van der Waals surface area contributed by atoms with Gasteiger partial charge >= 0.3 is 0 Å². The van der Waals surface area contributed by atoms with Crippen molar-refractivity contribution in [1.82, 2.24) is 0 Å². The third kappa shape index (κ3) is 2.86. The summed E-state index contributed by atoms with van der Waals surface area (Å²) in [5.74, 6) is -0.147. The molecule has 1 fully saturated rings. The van der Waals surface area contributed by atoms with Gasteiger partial charge in [-0.05, 0) is 25.0 Å². The molecule has 1 aromatic rings. The highest BCUT2D eigenvalue weighted by atomic mass is 19.1. The number of ether oxygens (including phenoxy) is 1. The Morgan fingerprint density at radius 1 is 1.44 bits per heavy atom. The van der Waals surface area contributed by atoms with Gasteiger partial charge in [-0.3, -0.25) is 4.79 Å². The summed E-state index contributed by atoms with van der Waals surface area (Å²) in [6, 6.07) is 5.73. The Labute approximate surface area is 105 Å². The Kier molecular flexibility index (Phi) is 3.93. The molecule has 0 radical (unpaired) electrons. The molecule has 0 heterocycles. The lowest BCUT2D eigenvalue weighted by molar-refractivity contribution is -0.124. The molecule has 0 aliphatic heterocycles. The third-order valence-corrected chi connectivity index (χ3v) is 3.25. The Morgan fingerprint density at radius 3 is 2.78 bits per heavy atom. The molecule has 1 saturated carbocycles. The summed E-state index contributed by atoms with van der Waals surface area (Å²) in [6.45, 7) is -0.0179. The normalized spacial score (nSPS) is 15.3. The van der Waals surface area contributed by atoms with Gasteiger partial charge in [0.05, 0.1) is 5.56 Å². The van der Waals surface area contributed by atoms with E-state index in [-0.39, 0.29) is 29.6 Å². The smallest absolute Gasteiger partial charge is 0.173 e. The minimum Gasteiger partial charge on any atom is -0.486 e. The number of hydrogen-bond acceptors (Lipinski definition) is 3. The van der Waals surface area contributed by atoms with Crippen LogP contribution in [0.5, 0.6) is 5.75 Å². The van der Waals surface area contributed by atoms with Crippen LogP contribution < -0.4 is 4.74 Å². The molecule has 0 saturated heterocycles. The van der Waals surface area contributed by atoms with Gasteiger partial charge in [0, 0.05) is 12.0 Å². The molecule has 1 aliphatic carbocycles. The van der Waals surface area contributed by atoms with Gasteiger partial charge in [0.25, 0.3) is 0 Å². The zero-order chi connectivity index (χ0) is 13.0. The lowest BCUT2D eigenvalue weighted by Crippen LogP contribution is -2.19. The van der Waals surface area contributed by atoms with Gasteiger partial charge in [0.15, 0.2) is 5.78 Å². The first-order valence-electron chi connectivity index (χ1n) is 6.06. The summed E-state index contributed by atoms with van der Waals surface area (Å²) in [5, 5.41) is 8.59. The molecular formula is C14H14FNO2. The maximum absolute atomic E-state index is 13.3. The molecule has 0 atom stereocenters. The predicted octanol–water partition coefficient (Wildman–Crippen LogP) is 2.84. The molecule has 3 nitrogen and oxygen atoms in total. The molecule has 1 aromatic carbocycles. The number of nitrogens with zero attached hydrogens (tertiary/aromatic N) is 1. The van der Waals surface area contributed by atoms with E-state index in [0.717, 1.165) is 31.7 Å². The summed E-state index contributed by atoms with van der Waals surface area (Å²) < 4.78 is 18.5. The van der Waals surface area contributed by atoms with E-state index in [1.54, 1.807) is 6.07 Å². The number of carbonyl (C=O) groups is 1. The molecule has 0 spiro atoms. The van der Waals surface area contributed by atoms with Crippen LogP contribution in [0.25, 0.3) is 0 Å². The maximum Gasteiger partial charge on any atom is 0.173 e. The number of halogens is 1. The molecule has 1 aliphatic rings. The van der Waals surface area contributed by atoms with Gasteiger partial charge in [-0.2, -0.15) is 5.26 Å². The molecule has 2 rings (SSSR count). The number of ketones is 1. The summed E-state index contributed by atoms with van der Waals surface area (Å²) in [4.78, 5) is 11.8. The largest absolute Gasteiger partial charge is 0.486 e. The van der Waals surface area contributed by atoms with Crippen molar-refractivity contribution in [2.24, 2.45) is 5.92 Å². The fraction of sp³-hybridized carbons (Fsp3) is 0.429. The lowest BCUT2D eigenvalue weighted by Gasteiger charge is -2.09. The Bertz CT molecular complexity index is 487. The SMILES string of the molecule is N#Cc1ccc(OCC(=O)C2CCCC2)cc1F. The van der Waals surface area contributed by atoms with Gasteiger partial charge in [-0.1, -0.05) is 12.8 Å². The van der Waals surface area contributed by atoms with E-state index in [2.05, 4.69) is 0 Å². The van der Waals surface area contributed by atoms with Crippen LogP contribution in [-0.2, 0) is 4.79 Å². The highest BCUT2D eigenvalue weighted by molar-refractivity contribution is 5.82. The van der Waals surface area contributed by atoms with Crippen molar-refractivity contribution in [3.05, 3.63) is 29.6 Å². The van der Waals surface area contributed by atoms with Gasteiger partial charge in [-0.25, -0.2) is 4.39 Å². The van der Waals surface area contributed by atoms with Crippen molar-refractivity contribution >= 4 is 5.78 Å². The van der Waals surface area contributed by atoms with Gasteiger partial charge < -0.3 is 4.74 Å². The molecule has 0 unspecified atom stereocenters. The number of rotatable bonds is 4. The van der Waals surface area contributed by atoms with Crippen molar-refractivity contribution in [1.29, 1.82) is 5.26 Å². The number of carbonyl (C=O) groups excluding carboxylic acids is 1. The minimum atomic E-state index is -0.622. The summed E-state index contributed by atoms with van der Waals surface area (Å²) in [5.41, 5.74) is -0.0236. The van der Waals surface area contributed by atoms with Crippen LogP contribution in [-0.4, -0.2) is 12.4 Å². The van der Waals surface area contributed by atoms with Gasteiger partial charge in [0.1, 0.15) is 24.2 Å². The van der Waals surface area contributed by atoms with E-state index in [1.165, 1.54) is 12.1 Å². The van der Waals surface area contributed by atoms with E-state index in [9.17, 15) is 9.18 Å². The standard InChI is InChI=1S/C14H14FNO2/c15-13-7-12(6-5-11(13)8-16)18-9-14(17)10-3-1-2-4-10/h5-7,10H,1-4,9H2. The third-order valence-electron chi connectivity index (χ3n) is 3.25. The van der Waals surface area contributed by atoms with Crippen LogP contribution >= 0.6 is 0 Å².